The number of benzene rings is 2. The zero-order valence-electron chi connectivity index (χ0n) is 13.4. The molecule has 0 spiro atoms. The summed E-state index contributed by atoms with van der Waals surface area (Å²) in [6, 6.07) is 17.1. The fourth-order valence-electron chi connectivity index (χ4n) is 3.18. The SMILES string of the molecule is CCN(C(=O)C1C(=O)N(CC)c2ccccc21)c1ccccc1. The fourth-order valence-corrected chi connectivity index (χ4v) is 3.18. The molecule has 1 unspecified atom stereocenters. The minimum absolute atomic E-state index is 0.131. The van der Waals surface area contributed by atoms with Crippen LogP contribution >= 0.6 is 0 Å². The number of nitrogens with zero attached hydrogens (tertiary/aromatic N) is 2. The molecular formula is C19H20N2O2. The minimum atomic E-state index is -0.744. The Morgan fingerprint density at radius 2 is 1.70 bits per heavy atom. The van der Waals surface area contributed by atoms with Crippen LogP contribution in [0, 0.1) is 0 Å². The van der Waals surface area contributed by atoms with Gasteiger partial charge in [-0.1, -0.05) is 36.4 Å². The lowest BCUT2D eigenvalue weighted by molar-refractivity contribution is -0.128. The maximum atomic E-state index is 13.1. The number of likely N-dealkylation sites (N-methyl/N-ethyl adjacent to an activating group) is 2. The Kier molecular flexibility index (Phi) is 4.15. The van der Waals surface area contributed by atoms with Crippen LogP contribution in [0.5, 0.6) is 0 Å². The summed E-state index contributed by atoms with van der Waals surface area (Å²) < 4.78 is 0. The molecule has 0 fully saturated rings. The summed E-state index contributed by atoms with van der Waals surface area (Å²) in [6.45, 7) is 4.95. The number of para-hydroxylation sites is 2. The van der Waals surface area contributed by atoms with Gasteiger partial charge in [0.25, 0.3) is 0 Å². The second-order valence-corrected chi connectivity index (χ2v) is 5.49. The van der Waals surface area contributed by atoms with Crippen molar-refractivity contribution < 1.29 is 9.59 Å². The molecule has 0 aliphatic carbocycles. The van der Waals surface area contributed by atoms with Gasteiger partial charge in [0, 0.05) is 24.5 Å². The average Bonchev–Trinajstić information content (AvgIpc) is 2.87. The molecule has 2 aromatic carbocycles. The number of rotatable bonds is 4. The maximum absolute atomic E-state index is 13.1. The molecule has 2 amide bonds. The maximum Gasteiger partial charge on any atom is 0.244 e. The summed E-state index contributed by atoms with van der Waals surface area (Å²) in [7, 11) is 0. The Morgan fingerprint density at radius 3 is 2.35 bits per heavy atom. The highest BCUT2D eigenvalue weighted by atomic mass is 16.2. The van der Waals surface area contributed by atoms with Crippen LogP contribution in [0.4, 0.5) is 11.4 Å². The van der Waals surface area contributed by atoms with Crippen molar-refractivity contribution in [2.24, 2.45) is 0 Å². The number of anilines is 2. The van der Waals surface area contributed by atoms with Crippen molar-refractivity contribution in [2.45, 2.75) is 19.8 Å². The number of hydrogen-bond acceptors (Lipinski definition) is 2. The Hall–Kier alpha value is -2.62. The first-order chi connectivity index (χ1) is 11.2. The lowest BCUT2D eigenvalue weighted by Crippen LogP contribution is -2.40. The molecule has 3 rings (SSSR count). The molecule has 118 valence electrons. The molecule has 1 aliphatic heterocycles. The lowest BCUT2D eigenvalue weighted by atomic mass is 9.99. The van der Waals surface area contributed by atoms with Crippen LogP contribution in [-0.4, -0.2) is 24.9 Å². The molecule has 1 aliphatic rings. The number of hydrogen-bond donors (Lipinski definition) is 0. The van der Waals surface area contributed by atoms with Crippen molar-refractivity contribution in [2.75, 3.05) is 22.9 Å². The Balaban J connectivity index is 2.00. The Bertz CT molecular complexity index is 727. The molecule has 0 bridgehead atoms. The van der Waals surface area contributed by atoms with Gasteiger partial charge in [-0.3, -0.25) is 9.59 Å². The van der Waals surface area contributed by atoms with Crippen LogP contribution in [0.25, 0.3) is 0 Å². The average molecular weight is 308 g/mol. The highest BCUT2D eigenvalue weighted by Gasteiger charge is 2.42. The van der Waals surface area contributed by atoms with E-state index in [9.17, 15) is 9.59 Å². The summed E-state index contributed by atoms with van der Waals surface area (Å²) >= 11 is 0. The van der Waals surface area contributed by atoms with Crippen LogP contribution < -0.4 is 9.80 Å². The zero-order valence-corrected chi connectivity index (χ0v) is 13.4. The first-order valence-corrected chi connectivity index (χ1v) is 7.95. The third kappa shape index (κ3) is 2.50. The number of carbonyl (C=O) groups excluding carboxylic acids is 2. The van der Waals surface area contributed by atoms with Crippen molar-refractivity contribution in [3.63, 3.8) is 0 Å². The van der Waals surface area contributed by atoms with E-state index in [0.717, 1.165) is 16.9 Å². The van der Waals surface area contributed by atoms with E-state index in [4.69, 9.17) is 0 Å². The highest BCUT2D eigenvalue weighted by molar-refractivity contribution is 6.21. The third-order valence-electron chi connectivity index (χ3n) is 4.26. The van der Waals surface area contributed by atoms with E-state index in [2.05, 4.69) is 0 Å². The molecule has 4 nitrogen and oxygen atoms in total. The molecule has 1 atom stereocenters. The normalized spacial score (nSPS) is 16.3. The molecule has 1 heterocycles. The quantitative estimate of drug-likeness (QED) is 0.814. The largest absolute Gasteiger partial charge is 0.312 e. The van der Waals surface area contributed by atoms with Crippen LogP contribution in [0.3, 0.4) is 0 Å². The highest BCUT2D eigenvalue weighted by Crippen LogP contribution is 2.38. The molecule has 4 heteroatoms. The third-order valence-corrected chi connectivity index (χ3v) is 4.26. The minimum Gasteiger partial charge on any atom is -0.312 e. The zero-order chi connectivity index (χ0) is 16.4. The van der Waals surface area contributed by atoms with Gasteiger partial charge in [0.15, 0.2) is 0 Å². The Morgan fingerprint density at radius 1 is 1.04 bits per heavy atom. The van der Waals surface area contributed by atoms with Crippen molar-refractivity contribution in [3.05, 3.63) is 60.2 Å². The lowest BCUT2D eigenvalue weighted by Gasteiger charge is -2.24. The standard InChI is InChI=1S/C19H20N2O2/c1-3-20(14-10-6-5-7-11-14)18(22)17-15-12-8-9-13-16(15)21(4-2)19(17)23/h5-13,17H,3-4H2,1-2H3. The van der Waals surface area contributed by atoms with Gasteiger partial charge in [0.2, 0.25) is 11.8 Å². The second kappa shape index (κ2) is 6.24. The van der Waals surface area contributed by atoms with E-state index >= 15 is 0 Å². The summed E-state index contributed by atoms with van der Waals surface area (Å²) in [6.07, 6.45) is 0. The fraction of sp³-hybridized carbons (Fsp3) is 0.263. The molecule has 0 saturated heterocycles. The summed E-state index contributed by atoms with van der Waals surface area (Å²) in [5, 5.41) is 0. The predicted molar refractivity (Wildman–Crippen MR) is 91.7 cm³/mol. The molecule has 0 radical (unpaired) electrons. The molecule has 2 aromatic rings. The van der Waals surface area contributed by atoms with E-state index in [1.165, 1.54) is 0 Å². The van der Waals surface area contributed by atoms with Gasteiger partial charge < -0.3 is 9.80 Å². The molecule has 0 aromatic heterocycles. The van der Waals surface area contributed by atoms with E-state index in [1.54, 1.807) is 9.80 Å². The van der Waals surface area contributed by atoms with Crippen molar-refractivity contribution in [3.8, 4) is 0 Å². The van der Waals surface area contributed by atoms with Gasteiger partial charge in [0.1, 0.15) is 5.92 Å². The monoisotopic (exact) mass is 308 g/mol. The van der Waals surface area contributed by atoms with Gasteiger partial charge in [-0.05, 0) is 37.6 Å². The first kappa shape index (κ1) is 15.3. The van der Waals surface area contributed by atoms with E-state index in [-0.39, 0.29) is 11.8 Å². The van der Waals surface area contributed by atoms with E-state index in [0.29, 0.717) is 13.1 Å². The van der Waals surface area contributed by atoms with E-state index in [1.807, 2.05) is 68.4 Å². The molecular weight excluding hydrogens is 288 g/mol. The van der Waals surface area contributed by atoms with Crippen LogP contribution in [0.15, 0.2) is 54.6 Å². The summed E-state index contributed by atoms with van der Waals surface area (Å²) in [4.78, 5) is 29.2. The molecule has 23 heavy (non-hydrogen) atoms. The number of amides is 2. The summed E-state index contributed by atoms with van der Waals surface area (Å²) in [5.41, 5.74) is 2.47. The van der Waals surface area contributed by atoms with Crippen molar-refractivity contribution >= 4 is 23.2 Å². The second-order valence-electron chi connectivity index (χ2n) is 5.49. The molecule has 0 saturated carbocycles. The van der Waals surface area contributed by atoms with Gasteiger partial charge in [0.05, 0.1) is 0 Å². The van der Waals surface area contributed by atoms with E-state index < -0.39 is 5.92 Å². The summed E-state index contributed by atoms with van der Waals surface area (Å²) in [5.74, 6) is -1.04. The predicted octanol–water partition coefficient (Wildman–Crippen LogP) is 3.19. The van der Waals surface area contributed by atoms with Crippen molar-refractivity contribution in [1.82, 2.24) is 0 Å². The van der Waals surface area contributed by atoms with Gasteiger partial charge in [-0.25, -0.2) is 0 Å². The molecule has 0 N–H and O–H groups in total. The van der Waals surface area contributed by atoms with Crippen LogP contribution in [-0.2, 0) is 9.59 Å². The van der Waals surface area contributed by atoms with Crippen molar-refractivity contribution in [1.29, 1.82) is 0 Å². The van der Waals surface area contributed by atoms with Gasteiger partial charge >= 0.3 is 0 Å². The van der Waals surface area contributed by atoms with Crippen LogP contribution in [0.1, 0.15) is 25.3 Å². The topological polar surface area (TPSA) is 40.6 Å². The smallest absolute Gasteiger partial charge is 0.244 e. The van der Waals surface area contributed by atoms with Crippen LogP contribution in [0.2, 0.25) is 0 Å². The number of carbonyl (C=O) groups is 2. The van der Waals surface area contributed by atoms with Gasteiger partial charge in [-0.2, -0.15) is 0 Å². The number of fused-ring (bicyclic) bond motifs is 1. The van der Waals surface area contributed by atoms with Gasteiger partial charge in [-0.15, -0.1) is 0 Å². The first-order valence-electron chi connectivity index (χ1n) is 7.95. The Labute approximate surface area is 136 Å².